The van der Waals surface area contributed by atoms with E-state index in [-0.39, 0.29) is 61.0 Å². The second-order valence-electron chi connectivity index (χ2n) is 15.4. The van der Waals surface area contributed by atoms with E-state index in [1.54, 1.807) is 26.0 Å². The number of carbonyl (C=O) groups is 5. The van der Waals surface area contributed by atoms with Crippen LogP contribution in [0.4, 0.5) is 0 Å². The molecule has 52 heavy (non-hydrogen) atoms. The van der Waals surface area contributed by atoms with E-state index >= 15 is 9.59 Å². The van der Waals surface area contributed by atoms with Crippen molar-refractivity contribution in [2.45, 2.75) is 85.9 Å². The summed E-state index contributed by atoms with van der Waals surface area (Å²) in [6.07, 6.45) is -0.676. The first kappa shape index (κ1) is 36.3. The molecule has 0 spiro atoms. The fourth-order valence-corrected chi connectivity index (χ4v) is 8.93. The molecule has 3 atom stereocenters. The van der Waals surface area contributed by atoms with Gasteiger partial charge in [-0.2, -0.15) is 0 Å². The number of phenols is 4. The monoisotopic (exact) mass is 712 g/mol. The number of hydrogen-bond donors (Lipinski definition) is 4. The van der Waals surface area contributed by atoms with E-state index < -0.39 is 74.3 Å². The van der Waals surface area contributed by atoms with Gasteiger partial charge in [0, 0.05) is 6.92 Å². The minimum atomic E-state index is -2.44. The van der Waals surface area contributed by atoms with Crippen molar-refractivity contribution >= 4 is 50.6 Å². The number of rotatable bonds is 2. The van der Waals surface area contributed by atoms with Crippen LogP contribution in [0.3, 0.4) is 0 Å². The van der Waals surface area contributed by atoms with Crippen molar-refractivity contribution in [3.8, 4) is 28.7 Å². The Morgan fingerprint density at radius 2 is 1.12 bits per heavy atom. The molecule has 3 aliphatic rings. The number of ether oxygens (including phenoxy) is 2. The van der Waals surface area contributed by atoms with E-state index in [0.717, 1.165) is 5.56 Å². The normalized spacial score (nSPS) is 24.5. The summed E-state index contributed by atoms with van der Waals surface area (Å²) in [5, 5.41) is 46.4. The van der Waals surface area contributed by atoms with Gasteiger partial charge in [-0.3, -0.25) is 19.2 Å². The number of phenolic OH excluding ortho intramolecular Hbond substituents is 4. The second-order valence-corrected chi connectivity index (χ2v) is 15.4. The number of fused-ring (bicyclic) bond motifs is 6. The van der Waals surface area contributed by atoms with Crippen molar-refractivity contribution in [3.63, 3.8) is 0 Å². The van der Waals surface area contributed by atoms with Crippen LogP contribution in [-0.2, 0) is 31.6 Å². The molecule has 7 rings (SSSR count). The summed E-state index contributed by atoms with van der Waals surface area (Å²) in [6, 6.07) is 5.97. The lowest BCUT2D eigenvalue weighted by atomic mass is 9.44. The molecule has 0 aromatic heterocycles. The van der Waals surface area contributed by atoms with Gasteiger partial charge in [0.1, 0.15) is 39.4 Å². The smallest absolute Gasteiger partial charge is 0.348 e. The van der Waals surface area contributed by atoms with Crippen molar-refractivity contribution in [3.05, 3.63) is 63.2 Å². The van der Waals surface area contributed by atoms with E-state index in [2.05, 4.69) is 0 Å². The number of aryl methyl sites for hydroxylation is 1. The lowest BCUT2D eigenvalue weighted by Gasteiger charge is -2.53. The van der Waals surface area contributed by atoms with Crippen LogP contribution in [0.25, 0.3) is 21.5 Å². The molecule has 0 fully saturated rings. The standard InChI is InChI=1S/C40H38O11.H2O/c1-10-19-15(2)11-17-12-20-25(29(43)23(17)28(19)42)32(45)39(8,35(48)37(20,4)5)40(9)33(46)26-21(38(6,7)36(40)49)13-18-14-22(41)27-31(24(18)30(26)44)50-16(3)51-34(27)47;/h11-14,16,41-44H,10H2,1-9H3;1H2. The van der Waals surface area contributed by atoms with E-state index in [0.29, 0.717) is 17.4 Å². The lowest BCUT2D eigenvalue weighted by molar-refractivity contribution is -0.146. The third kappa shape index (κ3) is 3.98. The van der Waals surface area contributed by atoms with Gasteiger partial charge in [-0.05, 0) is 106 Å². The average molecular weight is 713 g/mol. The minimum absolute atomic E-state index is 0. The van der Waals surface area contributed by atoms with Crippen LogP contribution in [0.5, 0.6) is 28.7 Å². The first-order valence-corrected chi connectivity index (χ1v) is 16.7. The first-order valence-electron chi connectivity index (χ1n) is 16.7. The van der Waals surface area contributed by atoms with Crippen LogP contribution >= 0.6 is 0 Å². The number of carbonyl (C=O) groups excluding carboxylic acids is 5. The van der Waals surface area contributed by atoms with Gasteiger partial charge in [-0.15, -0.1) is 0 Å². The minimum Gasteiger partial charge on any atom is -0.507 e. The number of esters is 1. The molecule has 272 valence electrons. The van der Waals surface area contributed by atoms with Crippen molar-refractivity contribution in [2.75, 3.05) is 0 Å². The molecule has 4 aromatic carbocycles. The van der Waals surface area contributed by atoms with E-state index in [4.69, 9.17) is 9.47 Å². The zero-order valence-electron chi connectivity index (χ0n) is 30.2. The molecule has 0 saturated carbocycles. The summed E-state index contributed by atoms with van der Waals surface area (Å²) in [7, 11) is 0. The molecule has 1 heterocycles. The van der Waals surface area contributed by atoms with Gasteiger partial charge >= 0.3 is 5.97 Å². The fraction of sp³-hybridized carbons (Fsp3) is 0.375. The van der Waals surface area contributed by atoms with Crippen LogP contribution in [0.1, 0.15) is 109 Å². The van der Waals surface area contributed by atoms with E-state index in [1.165, 1.54) is 46.8 Å². The fourth-order valence-electron chi connectivity index (χ4n) is 8.93. The Morgan fingerprint density at radius 3 is 1.60 bits per heavy atom. The molecule has 0 amide bonds. The summed E-state index contributed by atoms with van der Waals surface area (Å²) in [4.78, 5) is 72.7. The lowest BCUT2D eigenvalue weighted by Crippen LogP contribution is -2.67. The molecule has 3 unspecified atom stereocenters. The molecule has 2 aliphatic carbocycles. The van der Waals surface area contributed by atoms with Crippen LogP contribution < -0.4 is 4.74 Å². The second kappa shape index (κ2) is 10.8. The maximum absolute atomic E-state index is 15.1. The van der Waals surface area contributed by atoms with Gasteiger partial charge in [-0.25, -0.2) is 4.79 Å². The average Bonchev–Trinajstić information content (AvgIpc) is 3.04. The molecule has 1 aliphatic heterocycles. The Morgan fingerprint density at radius 1 is 0.654 bits per heavy atom. The highest BCUT2D eigenvalue weighted by molar-refractivity contribution is 6.34. The predicted octanol–water partition coefficient (Wildman–Crippen LogP) is 5.56. The Labute approximate surface area is 298 Å². The van der Waals surface area contributed by atoms with E-state index in [9.17, 15) is 34.8 Å². The Hall–Kier alpha value is -5.49. The molecular weight excluding hydrogens is 672 g/mol. The highest BCUT2D eigenvalue weighted by Crippen LogP contribution is 2.61. The summed E-state index contributed by atoms with van der Waals surface area (Å²) in [5.41, 5.74) is -7.43. The van der Waals surface area contributed by atoms with Crippen molar-refractivity contribution in [1.29, 1.82) is 0 Å². The van der Waals surface area contributed by atoms with Gasteiger partial charge < -0.3 is 35.4 Å². The largest absolute Gasteiger partial charge is 0.507 e. The van der Waals surface area contributed by atoms with Crippen LogP contribution in [0, 0.1) is 17.8 Å². The number of aromatic hydroxyl groups is 4. The third-order valence-electron chi connectivity index (χ3n) is 11.9. The summed E-state index contributed by atoms with van der Waals surface area (Å²) >= 11 is 0. The van der Waals surface area contributed by atoms with E-state index in [1.807, 2.05) is 13.8 Å². The SMILES string of the molecule is CCc1c(C)cc2cc3c(c(O)c2c1O)C(=O)C(C)(C1(C)C(=O)c2c(cc4cc(O)c5c(c4c2O)OC(C)OC5=O)C(C)(C)C1=O)C(=O)C3(C)C.O. The molecule has 0 saturated heterocycles. The Balaban J connectivity index is 0.00000464. The number of ketones is 4. The quantitative estimate of drug-likeness (QED) is 0.149. The topological polar surface area (TPSA) is 216 Å². The summed E-state index contributed by atoms with van der Waals surface area (Å²) in [6.45, 7) is 13.7. The number of hydrogen-bond acceptors (Lipinski definition) is 11. The molecule has 0 bridgehead atoms. The van der Waals surface area contributed by atoms with Crippen LogP contribution in [-0.4, -0.2) is 61.3 Å². The van der Waals surface area contributed by atoms with Crippen molar-refractivity contribution in [2.24, 2.45) is 10.8 Å². The molecular formula is C40H40O12. The van der Waals surface area contributed by atoms with Gasteiger partial charge in [0.15, 0.2) is 28.9 Å². The molecule has 12 nitrogen and oxygen atoms in total. The zero-order chi connectivity index (χ0) is 37.7. The summed E-state index contributed by atoms with van der Waals surface area (Å²) < 4.78 is 10.8. The van der Waals surface area contributed by atoms with Crippen molar-refractivity contribution in [1.82, 2.24) is 0 Å². The number of Topliss-reactive ketones (excluding diaryl/α,β-unsaturated/α-hetero) is 4. The molecule has 12 heteroatoms. The van der Waals surface area contributed by atoms with Gasteiger partial charge in [-0.1, -0.05) is 13.0 Å². The van der Waals surface area contributed by atoms with Crippen molar-refractivity contribution < 1.29 is 59.3 Å². The summed E-state index contributed by atoms with van der Waals surface area (Å²) in [5.74, 6) is -6.63. The number of cyclic esters (lactones) is 1. The van der Waals surface area contributed by atoms with Gasteiger partial charge in [0.25, 0.3) is 0 Å². The maximum atomic E-state index is 15.1. The highest BCUT2D eigenvalue weighted by Gasteiger charge is 2.72. The predicted molar refractivity (Wildman–Crippen MR) is 189 cm³/mol. The number of benzene rings is 4. The maximum Gasteiger partial charge on any atom is 0.348 e. The van der Waals surface area contributed by atoms with Crippen LogP contribution in [0.2, 0.25) is 0 Å². The molecule has 0 radical (unpaired) electrons. The van der Waals surface area contributed by atoms with Gasteiger partial charge in [0.05, 0.1) is 32.7 Å². The van der Waals surface area contributed by atoms with Crippen LogP contribution in [0.15, 0.2) is 24.3 Å². The molecule has 4 aromatic rings. The highest BCUT2D eigenvalue weighted by atomic mass is 16.7. The Kier molecular flexibility index (Phi) is 7.52. The van der Waals surface area contributed by atoms with Gasteiger partial charge in [0.2, 0.25) is 6.29 Å². The third-order valence-corrected chi connectivity index (χ3v) is 11.9. The molecule has 6 N–H and O–H groups in total. The zero-order valence-corrected chi connectivity index (χ0v) is 30.2. The first-order chi connectivity index (χ1) is 23.6. The Bertz CT molecular complexity index is 2400.